The number of halogens is 4. The van der Waals surface area contributed by atoms with E-state index in [0.29, 0.717) is 18.5 Å². The van der Waals surface area contributed by atoms with Crippen LogP contribution in [0.2, 0.25) is 0 Å². The fourth-order valence-electron chi connectivity index (χ4n) is 1.47. The molecule has 0 heterocycles. The van der Waals surface area contributed by atoms with E-state index in [9.17, 15) is 17.6 Å². The number of nitrogens with one attached hydrogen (secondary N) is 2. The van der Waals surface area contributed by atoms with Gasteiger partial charge >= 0.3 is 6.18 Å². The molecule has 0 saturated carbocycles. The third-order valence-electron chi connectivity index (χ3n) is 2.42. The summed E-state index contributed by atoms with van der Waals surface area (Å²) in [5.74, 6) is -0.484. The maximum absolute atomic E-state index is 13.2. The first-order chi connectivity index (χ1) is 9.68. The van der Waals surface area contributed by atoms with Crippen molar-refractivity contribution in [3.63, 3.8) is 0 Å². The number of alkyl halides is 3. The number of hydrogen-bond acceptors (Lipinski definition) is 2. The molecule has 0 aliphatic carbocycles. The van der Waals surface area contributed by atoms with E-state index in [1.54, 1.807) is 0 Å². The van der Waals surface area contributed by atoms with Crippen molar-refractivity contribution in [3.8, 4) is 0 Å². The normalized spacial score (nSPS) is 12.8. The second-order valence-corrected chi connectivity index (χ2v) is 4.94. The van der Waals surface area contributed by atoms with Gasteiger partial charge in [-0.15, -0.1) is 0 Å². The van der Waals surface area contributed by atoms with Crippen LogP contribution in [0.25, 0.3) is 0 Å². The molecule has 1 rings (SSSR count). The van der Waals surface area contributed by atoms with Crippen molar-refractivity contribution >= 4 is 5.96 Å². The van der Waals surface area contributed by atoms with Gasteiger partial charge in [0.2, 0.25) is 5.96 Å². The molecule has 8 heteroatoms. The number of benzene rings is 1. The number of guanidine groups is 1. The van der Waals surface area contributed by atoms with Gasteiger partial charge in [-0.2, -0.15) is 13.2 Å². The van der Waals surface area contributed by atoms with Crippen LogP contribution in [0.4, 0.5) is 17.6 Å². The molecule has 0 saturated heterocycles. The number of nitrogens with zero attached hydrogens (tertiary/aromatic N) is 1. The SMILES string of the molecule is CC(C)CN=C(N)NNCc1cc(F)cc(C(F)(F)F)c1. The van der Waals surface area contributed by atoms with Gasteiger partial charge in [0.15, 0.2) is 0 Å². The molecule has 1 aromatic carbocycles. The summed E-state index contributed by atoms with van der Waals surface area (Å²) in [4.78, 5) is 4.00. The van der Waals surface area contributed by atoms with Crippen molar-refractivity contribution < 1.29 is 17.6 Å². The lowest BCUT2D eigenvalue weighted by atomic mass is 10.1. The number of hydrazine groups is 1. The van der Waals surface area contributed by atoms with E-state index in [1.807, 2.05) is 13.8 Å². The predicted molar refractivity (Wildman–Crippen MR) is 72.7 cm³/mol. The van der Waals surface area contributed by atoms with E-state index in [2.05, 4.69) is 15.8 Å². The van der Waals surface area contributed by atoms with Crippen LogP contribution in [0.3, 0.4) is 0 Å². The number of rotatable bonds is 5. The van der Waals surface area contributed by atoms with Gasteiger partial charge in [0.25, 0.3) is 0 Å². The Labute approximate surface area is 120 Å². The molecule has 21 heavy (non-hydrogen) atoms. The van der Waals surface area contributed by atoms with Crippen molar-refractivity contribution in [1.29, 1.82) is 0 Å². The fourth-order valence-corrected chi connectivity index (χ4v) is 1.47. The van der Waals surface area contributed by atoms with Crippen LogP contribution in [0.5, 0.6) is 0 Å². The van der Waals surface area contributed by atoms with Gasteiger partial charge in [-0.3, -0.25) is 10.4 Å². The summed E-state index contributed by atoms with van der Waals surface area (Å²) in [6.07, 6.45) is -4.58. The molecule has 4 N–H and O–H groups in total. The lowest BCUT2D eigenvalue weighted by molar-refractivity contribution is -0.137. The third-order valence-corrected chi connectivity index (χ3v) is 2.42. The van der Waals surface area contributed by atoms with Gasteiger partial charge in [0, 0.05) is 13.1 Å². The minimum absolute atomic E-state index is 0.0290. The molecule has 1 aromatic rings. The molecule has 0 unspecified atom stereocenters. The van der Waals surface area contributed by atoms with Crippen LogP contribution in [-0.2, 0) is 12.7 Å². The lowest BCUT2D eigenvalue weighted by Gasteiger charge is -2.11. The second kappa shape index (κ2) is 7.26. The van der Waals surface area contributed by atoms with Crippen LogP contribution in [0.15, 0.2) is 23.2 Å². The monoisotopic (exact) mass is 306 g/mol. The summed E-state index contributed by atoms with van der Waals surface area (Å²) in [6, 6.07) is 2.35. The van der Waals surface area contributed by atoms with E-state index in [4.69, 9.17) is 5.73 Å². The quantitative estimate of drug-likeness (QED) is 0.339. The Hall–Kier alpha value is -1.83. The van der Waals surface area contributed by atoms with Gasteiger partial charge < -0.3 is 5.73 Å². The Bertz CT molecular complexity index is 497. The molecular formula is C13H18F4N4. The van der Waals surface area contributed by atoms with Crippen LogP contribution >= 0.6 is 0 Å². The van der Waals surface area contributed by atoms with Crippen LogP contribution in [0, 0.1) is 11.7 Å². The van der Waals surface area contributed by atoms with Gasteiger partial charge in [0.1, 0.15) is 5.82 Å². The first-order valence-electron chi connectivity index (χ1n) is 6.34. The van der Waals surface area contributed by atoms with Crippen molar-refractivity contribution in [2.24, 2.45) is 16.6 Å². The van der Waals surface area contributed by atoms with Crippen molar-refractivity contribution in [2.75, 3.05) is 6.54 Å². The number of nitrogens with two attached hydrogens (primary N) is 1. The summed E-state index contributed by atoms with van der Waals surface area (Å²) in [5.41, 5.74) is 9.78. The molecule has 0 atom stereocenters. The van der Waals surface area contributed by atoms with E-state index in [-0.39, 0.29) is 18.1 Å². The lowest BCUT2D eigenvalue weighted by Crippen LogP contribution is -2.42. The zero-order chi connectivity index (χ0) is 16.0. The number of aliphatic imine (C=N–C) groups is 1. The summed E-state index contributed by atoms with van der Waals surface area (Å²) >= 11 is 0. The molecule has 0 spiro atoms. The molecule has 0 aromatic heterocycles. The molecule has 0 amide bonds. The van der Waals surface area contributed by atoms with Crippen molar-refractivity contribution in [2.45, 2.75) is 26.6 Å². The molecule has 0 aliphatic rings. The van der Waals surface area contributed by atoms with E-state index >= 15 is 0 Å². The average Bonchev–Trinajstić information content (AvgIpc) is 2.34. The Morgan fingerprint density at radius 3 is 2.52 bits per heavy atom. The number of hydrogen-bond donors (Lipinski definition) is 3. The zero-order valence-corrected chi connectivity index (χ0v) is 11.8. The van der Waals surface area contributed by atoms with Crippen LogP contribution in [-0.4, -0.2) is 12.5 Å². The Kier molecular flexibility index (Phi) is 5.95. The minimum Gasteiger partial charge on any atom is -0.369 e. The molecule has 4 nitrogen and oxygen atoms in total. The largest absolute Gasteiger partial charge is 0.416 e. The van der Waals surface area contributed by atoms with Crippen molar-refractivity contribution in [1.82, 2.24) is 10.9 Å². The van der Waals surface area contributed by atoms with Gasteiger partial charge in [0.05, 0.1) is 5.56 Å². The summed E-state index contributed by atoms with van der Waals surface area (Å²) in [7, 11) is 0. The highest BCUT2D eigenvalue weighted by Crippen LogP contribution is 2.30. The molecule has 0 aliphatic heterocycles. The summed E-state index contributed by atoms with van der Waals surface area (Å²) in [6.45, 7) is 4.43. The van der Waals surface area contributed by atoms with E-state index < -0.39 is 17.6 Å². The highest BCUT2D eigenvalue weighted by atomic mass is 19.4. The molecular weight excluding hydrogens is 288 g/mol. The topological polar surface area (TPSA) is 62.4 Å². The molecule has 0 fully saturated rings. The van der Waals surface area contributed by atoms with Crippen LogP contribution < -0.4 is 16.6 Å². The molecule has 118 valence electrons. The van der Waals surface area contributed by atoms with Gasteiger partial charge in [-0.1, -0.05) is 13.8 Å². The summed E-state index contributed by atoms with van der Waals surface area (Å²) < 4.78 is 50.8. The zero-order valence-electron chi connectivity index (χ0n) is 11.8. The third kappa shape index (κ3) is 6.44. The molecule has 0 bridgehead atoms. The first-order valence-corrected chi connectivity index (χ1v) is 6.34. The predicted octanol–water partition coefficient (Wildman–Crippen LogP) is 2.41. The Morgan fingerprint density at radius 1 is 1.29 bits per heavy atom. The van der Waals surface area contributed by atoms with Crippen molar-refractivity contribution in [3.05, 3.63) is 35.1 Å². The maximum Gasteiger partial charge on any atom is 0.416 e. The second-order valence-electron chi connectivity index (χ2n) is 4.94. The smallest absolute Gasteiger partial charge is 0.369 e. The summed E-state index contributed by atoms with van der Waals surface area (Å²) in [5, 5.41) is 0. The maximum atomic E-state index is 13.2. The average molecular weight is 306 g/mol. The van der Waals surface area contributed by atoms with Gasteiger partial charge in [-0.05, 0) is 29.7 Å². The van der Waals surface area contributed by atoms with E-state index in [1.165, 1.54) is 0 Å². The highest BCUT2D eigenvalue weighted by Gasteiger charge is 2.31. The minimum atomic E-state index is -4.58. The Morgan fingerprint density at radius 2 is 1.95 bits per heavy atom. The highest BCUT2D eigenvalue weighted by molar-refractivity contribution is 5.77. The Balaban J connectivity index is 2.60. The van der Waals surface area contributed by atoms with Crippen LogP contribution in [0.1, 0.15) is 25.0 Å². The standard InChI is InChI=1S/C13H18F4N4/c1-8(2)6-19-12(18)21-20-7-9-3-10(13(15,16)17)5-11(14)4-9/h3-5,8,20H,6-7H2,1-2H3,(H3,18,19,21). The van der Waals surface area contributed by atoms with E-state index in [0.717, 1.165) is 12.1 Å². The first kappa shape index (κ1) is 17.2. The van der Waals surface area contributed by atoms with Gasteiger partial charge in [-0.25, -0.2) is 9.82 Å². The fraction of sp³-hybridized carbons (Fsp3) is 0.462. The molecule has 0 radical (unpaired) electrons.